The van der Waals surface area contributed by atoms with E-state index in [0.717, 1.165) is 51.4 Å². The minimum absolute atomic E-state index is 0.0271. The van der Waals surface area contributed by atoms with E-state index >= 15 is 0 Å². The fourth-order valence-corrected chi connectivity index (χ4v) is 5.11. The molecule has 0 saturated heterocycles. The predicted octanol–water partition coefficient (Wildman–Crippen LogP) is 7.79. The number of carbonyl (C=O) groups excluding carboxylic acids is 3. The minimum atomic E-state index is -1.13. The van der Waals surface area contributed by atoms with Gasteiger partial charge in [0.1, 0.15) is 12.6 Å². The third kappa shape index (κ3) is 29.4. The Morgan fingerprint density at radius 3 is 1.83 bits per heavy atom. The number of allylic oxidation sites excluding steroid dienone is 6. The lowest BCUT2D eigenvalue weighted by atomic mass is 10.1. The van der Waals surface area contributed by atoms with Crippen LogP contribution in [0.2, 0.25) is 0 Å². The summed E-state index contributed by atoms with van der Waals surface area (Å²) >= 11 is 0. The molecule has 0 radical (unpaired) electrons. The number of hydrogen-bond acceptors (Lipinski definition) is 7. The van der Waals surface area contributed by atoms with Crippen molar-refractivity contribution in [3.8, 4) is 0 Å². The molecule has 0 aliphatic carbocycles. The molecule has 0 amide bonds. The van der Waals surface area contributed by atoms with Crippen molar-refractivity contribution in [2.24, 2.45) is 0 Å². The number of carbonyl (C=O) groups is 3. The lowest BCUT2D eigenvalue weighted by Gasteiger charge is -2.34. The van der Waals surface area contributed by atoms with Gasteiger partial charge in [0, 0.05) is 19.3 Å². The fourth-order valence-electron chi connectivity index (χ4n) is 5.11. The van der Waals surface area contributed by atoms with Gasteiger partial charge in [-0.1, -0.05) is 102 Å². The van der Waals surface area contributed by atoms with Crippen LogP contribution in [0.4, 0.5) is 0 Å². The molecule has 47 heavy (non-hydrogen) atoms. The fraction of sp³-hybridized carbons (Fsp3) is 0.769. The minimum Gasteiger partial charge on any atom is -0.544 e. The standard InChI is InChI=1S/C39H69NO7/c1-6-8-10-12-14-16-17-18-19-20-22-23-25-27-29-37(41)46-34-35(33-45-32-31-36(39(43)44)40(3,4)5)47-38(42)30-28-26-24-21-15-13-11-9-7-2/h8,10,14,16,21,24,35-36H,6-7,9,11-13,15,17-20,22-23,25-34H2,1-5H3/b10-8+,16-14+,24-21+. The van der Waals surface area contributed by atoms with Gasteiger partial charge in [0.05, 0.1) is 40.3 Å². The van der Waals surface area contributed by atoms with Crippen molar-refractivity contribution < 1.29 is 38.2 Å². The first-order chi connectivity index (χ1) is 22.6. The normalized spacial score (nSPS) is 13.5. The summed E-state index contributed by atoms with van der Waals surface area (Å²) in [5.74, 6) is -1.80. The lowest BCUT2D eigenvalue weighted by Crippen LogP contribution is -2.55. The van der Waals surface area contributed by atoms with Gasteiger partial charge >= 0.3 is 11.9 Å². The molecule has 0 spiro atoms. The monoisotopic (exact) mass is 664 g/mol. The molecule has 8 heteroatoms. The van der Waals surface area contributed by atoms with E-state index in [1.807, 2.05) is 0 Å². The molecular formula is C39H69NO7. The Labute approximate surface area is 287 Å². The van der Waals surface area contributed by atoms with Crippen molar-refractivity contribution in [1.82, 2.24) is 0 Å². The van der Waals surface area contributed by atoms with Gasteiger partial charge in [0.25, 0.3) is 0 Å². The van der Waals surface area contributed by atoms with E-state index < -0.39 is 18.1 Å². The zero-order chi connectivity index (χ0) is 35.0. The maximum Gasteiger partial charge on any atom is 0.306 e. The van der Waals surface area contributed by atoms with E-state index in [4.69, 9.17) is 14.2 Å². The Morgan fingerprint density at radius 1 is 0.660 bits per heavy atom. The molecule has 0 rings (SSSR count). The van der Waals surface area contributed by atoms with Crippen molar-refractivity contribution >= 4 is 17.9 Å². The van der Waals surface area contributed by atoms with Crippen LogP contribution in [-0.4, -0.2) is 75.5 Å². The first kappa shape index (κ1) is 44.5. The number of quaternary nitrogens is 1. The molecule has 0 bridgehead atoms. The van der Waals surface area contributed by atoms with E-state index in [-0.39, 0.29) is 49.1 Å². The van der Waals surface area contributed by atoms with E-state index in [1.165, 1.54) is 51.4 Å². The smallest absolute Gasteiger partial charge is 0.306 e. The second kappa shape index (κ2) is 30.9. The quantitative estimate of drug-likeness (QED) is 0.0313. The topological polar surface area (TPSA) is 102 Å². The number of hydrogen-bond donors (Lipinski definition) is 0. The first-order valence-corrected chi connectivity index (χ1v) is 18.5. The number of carboxylic acids is 1. The Morgan fingerprint density at radius 2 is 1.21 bits per heavy atom. The molecule has 0 heterocycles. The zero-order valence-electron chi connectivity index (χ0n) is 30.7. The van der Waals surface area contributed by atoms with Crippen LogP contribution in [0.1, 0.15) is 142 Å². The SMILES string of the molecule is CC/C=C/C/C=C/CCCCCCCCCC(=O)OCC(COCCC(C(=O)[O-])[N+](C)(C)C)OC(=O)CCC/C=C/CCCCCC. The average Bonchev–Trinajstić information content (AvgIpc) is 3.01. The largest absolute Gasteiger partial charge is 0.544 e. The second-order valence-corrected chi connectivity index (χ2v) is 13.4. The summed E-state index contributed by atoms with van der Waals surface area (Å²) < 4.78 is 17.0. The molecule has 0 aromatic carbocycles. The summed E-state index contributed by atoms with van der Waals surface area (Å²) in [6.07, 6.45) is 31.8. The maximum absolute atomic E-state index is 12.5. The number of carboxylic acid groups (broad SMARTS) is 1. The molecule has 0 aliphatic rings. The van der Waals surface area contributed by atoms with Crippen LogP contribution in [0, 0.1) is 0 Å². The van der Waals surface area contributed by atoms with Crippen molar-refractivity contribution in [3.63, 3.8) is 0 Å². The van der Waals surface area contributed by atoms with Crippen molar-refractivity contribution in [2.75, 3.05) is 41.0 Å². The van der Waals surface area contributed by atoms with Gasteiger partial charge in [-0.3, -0.25) is 9.59 Å². The second-order valence-electron chi connectivity index (χ2n) is 13.4. The molecule has 272 valence electrons. The summed E-state index contributed by atoms with van der Waals surface area (Å²) in [7, 11) is 5.38. The number of esters is 2. The van der Waals surface area contributed by atoms with E-state index in [0.29, 0.717) is 12.8 Å². The van der Waals surface area contributed by atoms with Crippen molar-refractivity contribution in [3.05, 3.63) is 36.5 Å². The van der Waals surface area contributed by atoms with Gasteiger partial charge in [-0.05, 0) is 57.8 Å². The maximum atomic E-state index is 12.5. The Hall–Kier alpha value is -2.45. The van der Waals surface area contributed by atoms with Crippen LogP contribution in [0.15, 0.2) is 36.5 Å². The zero-order valence-corrected chi connectivity index (χ0v) is 30.7. The number of likely N-dealkylation sites (N-methyl/N-ethyl adjacent to an activating group) is 1. The molecule has 0 aliphatic heterocycles. The van der Waals surface area contributed by atoms with Gasteiger partial charge in [0.2, 0.25) is 0 Å². The Kier molecular flexibility index (Phi) is 29.2. The number of unbranched alkanes of at least 4 members (excludes halogenated alkanes) is 12. The van der Waals surface area contributed by atoms with Gasteiger partial charge in [-0.25, -0.2) is 0 Å². The molecule has 0 aromatic heterocycles. The average molecular weight is 664 g/mol. The molecular weight excluding hydrogens is 594 g/mol. The number of aliphatic carboxylic acids is 1. The summed E-state index contributed by atoms with van der Waals surface area (Å²) in [5.41, 5.74) is 0. The first-order valence-electron chi connectivity index (χ1n) is 18.5. The number of rotatable bonds is 32. The van der Waals surface area contributed by atoms with E-state index in [2.05, 4.69) is 50.3 Å². The number of nitrogens with zero attached hydrogens (tertiary/aromatic N) is 1. The van der Waals surface area contributed by atoms with Crippen LogP contribution in [0.25, 0.3) is 0 Å². The highest BCUT2D eigenvalue weighted by Crippen LogP contribution is 2.12. The molecule has 0 aromatic rings. The summed E-state index contributed by atoms with van der Waals surface area (Å²) in [6, 6.07) is -0.728. The van der Waals surface area contributed by atoms with Crippen LogP contribution >= 0.6 is 0 Å². The molecule has 8 nitrogen and oxygen atoms in total. The van der Waals surface area contributed by atoms with Gasteiger partial charge < -0.3 is 28.6 Å². The van der Waals surface area contributed by atoms with E-state index in [9.17, 15) is 19.5 Å². The highest BCUT2D eigenvalue weighted by atomic mass is 16.6. The third-order valence-corrected chi connectivity index (χ3v) is 8.01. The molecule has 0 fully saturated rings. The molecule has 0 saturated carbocycles. The van der Waals surface area contributed by atoms with Crippen LogP contribution in [0.5, 0.6) is 0 Å². The summed E-state index contributed by atoms with van der Waals surface area (Å²) in [5, 5.41) is 11.5. The predicted molar refractivity (Wildman–Crippen MR) is 190 cm³/mol. The van der Waals surface area contributed by atoms with Crippen molar-refractivity contribution in [1.29, 1.82) is 0 Å². The Balaban J connectivity index is 4.44. The van der Waals surface area contributed by atoms with E-state index in [1.54, 1.807) is 21.1 Å². The Bertz CT molecular complexity index is 875. The van der Waals surface area contributed by atoms with Gasteiger partial charge in [-0.2, -0.15) is 0 Å². The lowest BCUT2D eigenvalue weighted by molar-refractivity contribution is -0.889. The number of ether oxygens (including phenoxy) is 3. The summed E-state index contributed by atoms with van der Waals surface area (Å²) in [6.45, 7) is 4.46. The molecule has 2 unspecified atom stereocenters. The molecule has 0 N–H and O–H groups in total. The molecule has 2 atom stereocenters. The highest BCUT2D eigenvalue weighted by Gasteiger charge is 2.25. The van der Waals surface area contributed by atoms with Crippen LogP contribution < -0.4 is 5.11 Å². The summed E-state index contributed by atoms with van der Waals surface area (Å²) in [4.78, 5) is 36.5. The van der Waals surface area contributed by atoms with Gasteiger partial charge in [-0.15, -0.1) is 0 Å². The van der Waals surface area contributed by atoms with Crippen LogP contribution in [0.3, 0.4) is 0 Å². The third-order valence-electron chi connectivity index (χ3n) is 8.01. The van der Waals surface area contributed by atoms with Crippen molar-refractivity contribution in [2.45, 2.75) is 154 Å². The highest BCUT2D eigenvalue weighted by molar-refractivity contribution is 5.70. The van der Waals surface area contributed by atoms with Gasteiger partial charge in [0.15, 0.2) is 6.10 Å². The van der Waals surface area contributed by atoms with Crippen LogP contribution in [-0.2, 0) is 28.6 Å².